The quantitative estimate of drug-likeness (QED) is 0.189. The lowest BCUT2D eigenvalue weighted by Crippen LogP contribution is -2.13. The number of fused-ring (bicyclic) bond motifs is 3. The molecule has 3 nitrogen and oxygen atoms in total. The SMILES string of the molecule is C1=C(c2ccc3ccc4cccc5ccc2c3c45)C=C2c3c(cccc3-c3cc(-c4ccccc4)nc(-c4ccccc4)n3)OC2C1. The molecule has 1 aliphatic heterocycles. The van der Waals surface area contributed by atoms with E-state index in [1.54, 1.807) is 0 Å². The molecule has 47 heavy (non-hydrogen) atoms. The van der Waals surface area contributed by atoms with Crippen LogP contribution in [0.1, 0.15) is 17.5 Å². The van der Waals surface area contributed by atoms with E-state index >= 15 is 0 Å². The number of hydrogen-bond donors (Lipinski definition) is 0. The highest BCUT2D eigenvalue weighted by molar-refractivity contribution is 6.25. The predicted molar refractivity (Wildman–Crippen MR) is 193 cm³/mol. The van der Waals surface area contributed by atoms with Crippen molar-refractivity contribution in [2.45, 2.75) is 12.5 Å². The summed E-state index contributed by atoms with van der Waals surface area (Å²) in [4.78, 5) is 10.2. The van der Waals surface area contributed by atoms with E-state index in [0.29, 0.717) is 5.82 Å². The first kappa shape index (κ1) is 26.2. The number of allylic oxidation sites excluding steroid dienone is 2. The van der Waals surface area contributed by atoms with Crippen molar-refractivity contribution in [3.8, 4) is 39.7 Å². The third-order valence-electron chi connectivity index (χ3n) is 9.74. The van der Waals surface area contributed by atoms with Crippen LogP contribution in [0, 0.1) is 0 Å². The average Bonchev–Trinajstić information content (AvgIpc) is 3.52. The molecule has 2 aliphatic rings. The second-order valence-corrected chi connectivity index (χ2v) is 12.4. The molecule has 0 radical (unpaired) electrons. The van der Waals surface area contributed by atoms with Gasteiger partial charge in [0.2, 0.25) is 0 Å². The Kier molecular flexibility index (Phi) is 5.70. The molecule has 1 aliphatic carbocycles. The maximum atomic E-state index is 6.61. The molecule has 2 heterocycles. The first-order valence-corrected chi connectivity index (χ1v) is 16.2. The molecule has 0 fully saturated rings. The Hall–Kier alpha value is -6.06. The minimum atomic E-state index is -0.0290. The molecule has 0 N–H and O–H groups in total. The molecule has 1 unspecified atom stereocenters. The largest absolute Gasteiger partial charge is 0.485 e. The molecule has 7 aromatic carbocycles. The first-order valence-electron chi connectivity index (χ1n) is 16.2. The fraction of sp³-hybridized carbons (Fsp3) is 0.0455. The van der Waals surface area contributed by atoms with Gasteiger partial charge in [0.1, 0.15) is 11.9 Å². The highest BCUT2D eigenvalue weighted by Gasteiger charge is 2.33. The number of rotatable bonds is 4. The van der Waals surface area contributed by atoms with Gasteiger partial charge < -0.3 is 4.74 Å². The molecule has 0 bridgehead atoms. The Morgan fingerprint density at radius 1 is 0.553 bits per heavy atom. The van der Waals surface area contributed by atoms with E-state index in [4.69, 9.17) is 14.7 Å². The van der Waals surface area contributed by atoms with Crippen LogP contribution in [0.2, 0.25) is 0 Å². The fourth-order valence-corrected chi connectivity index (χ4v) is 7.55. The van der Waals surface area contributed by atoms with Crippen LogP contribution in [-0.2, 0) is 0 Å². The summed E-state index contributed by atoms with van der Waals surface area (Å²) in [6.45, 7) is 0. The van der Waals surface area contributed by atoms with Crippen LogP contribution in [0.25, 0.3) is 77.4 Å². The summed E-state index contributed by atoms with van der Waals surface area (Å²) in [5.41, 5.74) is 9.72. The standard InChI is InChI=1S/C44H28N2O/c1-3-9-27(10-4-1)37-26-38(46-44(45-37)31-11-5-2-6-12-31)35-15-8-16-40-43(35)36-25-32(21-24-39(36)47-40)33-22-19-30-18-17-28-13-7-14-29-20-23-34(33)42(30)41(28)29/h1-23,25-26,39H,24H2. The summed E-state index contributed by atoms with van der Waals surface area (Å²) in [7, 11) is 0. The fourth-order valence-electron chi connectivity index (χ4n) is 7.55. The molecule has 0 saturated carbocycles. The molecule has 3 heteroatoms. The van der Waals surface area contributed by atoms with E-state index < -0.39 is 0 Å². The number of aromatic nitrogens is 2. The first-order chi connectivity index (χ1) is 23.3. The highest BCUT2D eigenvalue weighted by atomic mass is 16.5. The number of ether oxygens (including phenoxy) is 1. The molecule has 0 spiro atoms. The Labute approximate surface area is 272 Å². The van der Waals surface area contributed by atoms with E-state index in [-0.39, 0.29) is 6.10 Å². The summed E-state index contributed by atoms with van der Waals surface area (Å²) in [5.74, 6) is 1.62. The Balaban J connectivity index is 1.14. The maximum absolute atomic E-state index is 6.61. The summed E-state index contributed by atoms with van der Waals surface area (Å²) in [6, 6.07) is 49.2. The summed E-state index contributed by atoms with van der Waals surface area (Å²) < 4.78 is 6.61. The lowest BCUT2D eigenvalue weighted by molar-refractivity contribution is 0.279. The van der Waals surface area contributed by atoms with Crippen molar-refractivity contribution in [3.63, 3.8) is 0 Å². The van der Waals surface area contributed by atoms with Gasteiger partial charge in [-0.1, -0.05) is 133 Å². The van der Waals surface area contributed by atoms with Crippen LogP contribution in [-0.4, -0.2) is 16.1 Å². The summed E-state index contributed by atoms with van der Waals surface area (Å²) >= 11 is 0. The van der Waals surface area contributed by atoms with E-state index in [9.17, 15) is 0 Å². The summed E-state index contributed by atoms with van der Waals surface area (Å²) in [6.07, 6.45) is 5.48. The highest BCUT2D eigenvalue weighted by Crippen LogP contribution is 2.48. The van der Waals surface area contributed by atoms with Crippen molar-refractivity contribution in [2.75, 3.05) is 0 Å². The second-order valence-electron chi connectivity index (χ2n) is 12.4. The van der Waals surface area contributed by atoms with Gasteiger partial charge in [-0.2, -0.15) is 0 Å². The van der Waals surface area contributed by atoms with E-state index in [0.717, 1.165) is 45.8 Å². The third kappa shape index (κ3) is 4.13. The van der Waals surface area contributed by atoms with Gasteiger partial charge in [0, 0.05) is 34.2 Å². The van der Waals surface area contributed by atoms with Crippen LogP contribution >= 0.6 is 0 Å². The van der Waals surface area contributed by atoms with Crippen molar-refractivity contribution in [3.05, 3.63) is 163 Å². The number of hydrogen-bond acceptors (Lipinski definition) is 3. The third-order valence-corrected chi connectivity index (χ3v) is 9.74. The van der Waals surface area contributed by atoms with Gasteiger partial charge >= 0.3 is 0 Å². The molecular formula is C44H28N2O. The Bertz CT molecular complexity index is 2490. The van der Waals surface area contributed by atoms with Crippen molar-refractivity contribution in [1.29, 1.82) is 0 Å². The van der Waals surface area contributed by atoms with E-state index in [1.807, 2.05) is 24.3 Å². The van der Waals surface area contributed by atoms with Crippen LogP contribution in [0.15, 0.2) is 152 Å². The molecule has 1 aromatic heterocycles. The van der Waals surface area contributed by atoms with E-state index in [2.05, 4.69) is 127 Å². The van der Waals surface area contributed by atoms with Crippen LogP contribution < -0.4 is 4.74 Å². The van der Waals surface area contributed by atoms with Gasteiger partial charge in [-0.25, -0.2) is 9.97 Å². The zero-order valence-electron chi connectivity index (χ0n) is 25.5. The summed E-state index contributed by atoms with van der Waals surface area (Å²) in [5, 5.41) is 7.81. The van der Waals surface area contributed by atoms with Crippen molar-refractivity contribution in [1.82, 2.24) is 9.97 Å². The van der Waals surface area contributed by atoms with Gasteiger partial charge in [0.15, 0.2) is 5.82 Å². The monoisotopic (exact) mass is 600 g/mol. The topological polar surface area (TPSA) is 35.0 Å². The minimum Gasteiger partial charge on any atom is -0.485 e. The molecule has 10 rings (SSSR count). The van der Waals surface area contributed by atoms with Crippen LogP contribution in [0.4, 0.5) is 0 Å². The van der Waals surface area contributed by atoms with Crippen LogP contribution in [0.3, 0.4) is 0 Å². The molecule has 8 aromatic rings. The van der Waals surface area contributed by atoms with Gasteiger partial charge in [-0.05, 0) is 61.7 Å². The molecular weight excluding hydrogens is 572 g/mol. The van der Waals surface area contributed by atoms with Gasteiger partial charge in [0.25, 0.3) is 0 Å². The maximum Gasteiger partial charge on any atom is 0.160 e. The van der Waals surface area contributed by atoms with Crippen molar-refractivity contribution < 1.29 is 4.74 Å². The zero-order chi connectivity index (χ0) is 30.9. The number of benzene rings is 7. The minimum absolute atomic E-state index is 0.0290. The Morgan fingerprint density at radius 2 is 1.23 bits per heavy atom. The lowest BCUT2D eigenvalue weighted by Gasteiger charge is -2.20. The van der Waals surface area contributed by atoms with Crippen LogP contribution in [0.5, 0.6) is 5.75 Å². The zero-order valence-corrected chi connectivity index (χ0v) is 25.5. The molecule has 1 atom stereocenters. The lowest BCUT2D eigenvalue weighted by atomic mass is 9.84. The second kappa shape index (κ2) is 10.2. The smallest absolute Gasteiger partial charge is 0.160 e. The molecule has 0 amide bonds. The Morgan fingerprint density at radius 3 is 2.04 bits per heavy atom. The van der Waals surface area contributed by atoms with E-state index in [1.165, 1.54) is 49.0 Å². The molecule has 0 saturated heterocycles. The predicted octanol–water partition coefficient (Wildman–Crippen LogP) is 11.0. The average molecular weight is 601 g/mol. The normalized spacial score (nSPS) is 15.4. The van der Waals surface area contributed by atoms with Crippen molar-refractivity contribution >= 4 is 43.5 Å². The van der Waals surface area contributed by atoms with Gasteiger partial charge in [-0.3, -0.25) is 0 Å². The van der Waals surface area contributed by atoms with Gasteiger partial charge in [-0.15, -0.1) is 0 Å². The van der Waals surface area contributed by atoms with Crippen molar-refractivity contribution in [2.24, 2.45) is 0 Å². The molecule has 220 valence electrons. The number of nitrogens with zero attached hydrogens (tertiary/aromatic N) is 2. The van der Waals surface area contributed by atoms with Gasteiger partial charge in [0.05, 0.1) is 11.4 Å².